The van der Waals surface area contributed by atoms with Crippen molar-refractivity contribution in [2.45, 2.75) is 77.4 Å². The van der Waals surface area contributed by atoms with Crippen LogP contribution in [0.1, 0.15) is 36.0 Å². The van der Waals surface area contributed by atoms with E-state index in [1.54, 1.807) is 0 Å². The van der Waals surface area contributed by atoms with E-state index in [-0.39, 0.29) is 17.2 Å². The van der Waals surface area contributed by atoms with Crippen LogP contribution in [0.2, 0.25) is 18.1 Å². The first-order chi connectivity index (χ1) is 11.0. The van der Waals surface area contributed by atoms with E-state index in [1.165, 1.54) is 0 Å². The van der Waals surface area contributed by atoms with Gasteiger partial charge in [0, 0.05) is 0 Å². The summed E-state index contributed by atoms with van der Waals surface area (Å²) in [6, 6.07) is 0. The Labute approximate surface area is 143 Å². The van der Waals surface area contributed by atoms with E-state index < -0.39 is 26.6 Å². The van der Waals surface area contributed by atoms with Crippen LogP contribution < -0.4 is 0 Å². The molecule has 1 rings (SSSR count). The van der Waals surface area contributed by atoms with Gasteiger partial charge in [0.1, 0.15) is 13.6 Å². The lowest BCUT2D eigenvalue weighted by molar-refractivity contribution is -0.216. The van der Waals surface area contributed by atoms with Gasteiger partial charge in [-0.2, -0.15) is 0 Å². The summed E-state index contributed by atoms with van der Waals surface area (Å²) in [5.41, 5.74) is 0. The molecule has 0 saturated carbocycles. The molecule has 0 spiro atoms. The van der Waals surface area contributed by atoms with Crippen molar-refractivity contribution in [2.75, 3.05) is 6.61 Å². The number of aliphatic hydroxyl groups is 1. The first-order valence-corrected chi connectivity index (χ1v) is 11.1. The van der Waals surface area contributed by atoms with Gasteiger partial charge >= 0.3 is 0 Å². The highest BCUT2D eigenvalue weighted by Gasteiger charge is 2.39. The monoisotopic (exact) mass is 341 g/mol. The summed E-state index contributed by atoms with van der Waals surface area (Å²) in [6.07, 6.45) is 3.93. The first-order valence-electron chi connectivity index (χ1n) is 8.71. The Balaban J connectivity index is 2.79. The minimum atomic E-state index is -1.85. The number of hydrogen-bond acceptors (Lipinski definition) is 4. The van der Waals surface area contributed by atoms with Crippen molar-refractivity contribution in [2.24, 2.45) is 5.92 Å². The SMILES string of the molecule is [2H]C#C[C@H](O)[C@@H]1C=C[C@@H](CO[Si](C)(C)C(C)(C)C)O[C@@H]1OC(C)C. The van der Waals surface area contributed by atoms with Gasteiger partial charge in [0.2, 0.25) is 0 Å². The van der Waals surface area contributed by atoms with Gasteiger partial charge in [0.15, 0.2) is 14.6 Å². The van der Waals surface area contributed by atoms with Gasteiger partial charge < -0.3 is 19.0 Å². The Kier molecular flexibility index (Phi) is 6.46. The van der Waals surface area contributed by atoms with E-state index in [2.05, 4.69) is 39.8 Å². The van der Waals surface area contributed by atoms with Crippen LogP contribution in [0, 0.1) is 18.2 Å². The van der Waals surface area contributed by atoms with Crippen LogP contribution in [0.5, 0.6) is 0 Å². The third kappa shape index (κ3) is 5.73. The van der Waals surface area contributed by atoms with Crippen molar-refractivity contribution in [1.29, 1.82) is 0 Å². The Hall–Kier alpha value is -0.643. The van der Waals surface area contributed by atoms with Gasteiger partial charge in [-0.05, 0) is 32.0 Å². The van der Waals surface area contributed by atoms with E-state index >= 15 is 0 Å². The van der Waals surface area contributed by atoms with Gasteiger partial charge in [-0.1, -0.05) is 38.8 Å². The van der Waals surface area contributed by atoms with Crippen LogP contribution in [0.25, 0.3) is 0 Å². The van der Waals surface area contributed by atoms with Crippen molar-refractivity contribution in [3.05, 3.63) is 12.2 Å². The summed E-state index contributed by atoms with van der Waals surface area (Å²) in [6.45, 7) is 15.3. The van der Waals surface area contributed by atoms with E-state index in [0.29, 0.717) is 6.61 Å². The topological polar surface area (TPSA) is 47.9 Å². The zero-order valence-electron chi connectivity index (χ0n) is 16.4. The van der Waals surface area contributed by atoms with Crippen molar-refractivity contribution >= 4 is 8.32 Å². The summed E-state index contributed by atoms with van der Waals surface area (Å²) in [5.74, 6) is 2.04. The molecule has 0 amide bonds. The normalized spacial score (nSPS) is 27.3. The third-order valence-corrected chi connectivity index (χ3v) is 9.01. The fraction of sp³-hybridized carbons (Fsp3) is 0.778. The molecule has 4 atom stereocenters. The fourth-order valence-electron chi connectivity index (χ4n) is 1.99. The average molecular weight is 342 g/mol. The molecule has 0 aromatic carbocycles. The van der Waals surface area contributed by atoms with Crippen molar-refractivity contribution < 1.29 is 20.4 Å². The van der Waals surface area contributed by atoms with E-state index in [9.17, 15) is 5.11 Å². The lowest BCUT2D eigenvalue weighted by Gasteiger charge is -2.39. The summed E-state index contributed by atoms with van der Waals surface area (Å²) >= 11 is 0. The maximum atomic E-state index is 10.1. The molecule has 0 unspecified atom stereocenters. The minimum absolute atomic E-state index is 0.0397. The highest BCUT2D eigenvalue weighted by atomic mass is 28.4. The van der Waals surface area contributed by atoms with Crippen LogP contribution in [-0.2, 0) is 13.9 Å². The van der Waals surface area contributed by atoms with Crippen molar-refractivity contribution in [3.63, 3.8) is 0 Å². The molecular weight excluding hydrogens is 308 g/mol. The second-order valence-electron chi connectivity index (χ2n) is 7.85. The number of rotatable bonds is 6. The predicted octanol–water partition coefficient (Wildman–Crippen LogP) is 3.32. The van der Waals surface area contributed by atoms with Crippen molar-refractivity contribution in [3.8, 4) is 12.3 Å². The number of ether oxygens (including phenoxy) is 2. The molecule has 1 aliphatic rings. The summed E-state index contributed by atoms with van der Waals surface area (Å²) in [5, 5.41) is 10.2. The van der Waals surface area contributed by atoms with Crippen LogP contribution in [0.15, 0.2) is 12.2 Å². The Morgan fingerprint density at radius 2 is 2.04 bits per heavy atom. The maximum absolute atomic E-state index is 10.1. The first kappa shape index (κ1) is 18.7. The van der Waals surface area contributed by atoms with Crippen LogP contribution in [0.4, 0.5) is 0 Å². The molecule has 0 aromatic heterocycles. The highest BCUT2D eigenvalue weighted by molar-refractivity contribution is 6.74. The Morgan fingerprint density at radius 3 is 2.57 bits per heavy atom. The molecule has 1 N–H and O–H groups in total. The average Bonchev–Trinajstić information content (AvgIpc) is 2.43. The minimum Gasteiger partial charge on any atom is -0.414 e. The van der Waals surface area contributed by atoms with Gasteiger partial charge in [-0.3, -0.25) is 0 Å². The van der Waals surface area contributed by atoms with Crippen LogP contribution in [0.3, 0.4) is 0 Å². The second kappa shape index (κ2) is 7.95. The van der Waals surface area contributed by atoms with Crippen LogP contribution >= 0.6 is 0 Å². The molecule has 4 nitrogen and oxygen atoms in total. The Bertz CT molecular complexity index is 487. The molecule has 0 radical (unpaired) electrons. The van der Waals surface area contributed by atoms with Gasteiger partial charge in [-0.15, -0.1) is 6.40 Å². The molecular formula is C18H32O4Si. The molecule has 23 heavy (non-hydrogen) atoms. The fourth-order valence-corrected chi connectivity index (χ4v) is 3.01. The quantitative estimate of drug-likeness (QED) is 0.457. The molecule has 0 aliphatic carbocycles. The highest BCUT2D eigenvalue weighted by Crippen LogP contribution is 2.37. The number of terminal acetylenes is 1. The zero-order valence-corrected chi connectivity index (χ0v) is 16.4. The van der Waals surface area contributed by atoms with Gasteiger partial charge in [0.05, 0.1) is 18.6 Å². The largest absolute Gasteiger partial charge is 0.414 e. The summed E-state index contributed by atoms with van der Waals surface area (Å²) in [7, 11) is -1.85. The standard InChI is InChI=1S/C18H32O4Si/c1-9-16(19)15-11-10-14(22-17(15)21-13(2)3)12-20-23(7,8)18(4,5)6/h1,10-11,13-17,19H,12H2,2-8H3/t14-,15-,16-,17-/m0/s1/i1D. The smallest absolute Gasteiger partial charge is 0.192 e. The summed E-state index contributed by atoms with van der Waals surface area (Å²) < 4.78 is 24.9. The van der Waals surface area contributed by atoms with Crippen LogP contribution in [-0.4, -0.2) is 44.6 Å². The van der Waals surface area contributed by atoms with Gasteiger partial charge in [-0.25, -0.2) is 0 Å². The summed E-state index contributed by atoms with van der Waals surface area (Å²) in [4.78, 5) is 0. The molecule has 5 heteroatoms. The van der Waals surface area contributed by atoms with E-state index in [4.69, 9.17) is 15.3 Å². The van der Waals surface area contributed by atoms with Crippen molar-refractivity contribution in [1.82, 2.24) is 0 Å². The zero-order chi connectivity index (χ0) is 18.5. The molecule has 1 aliphatic heterocycles. The van der Waals surface area contributed by atoms with E-state index in [1.807, 2.05) is 32.4 Å². The lowest BCUT2D eigenvalue weighted by Crippen LogP contribution is -2.46. The van der Waals surface area contributed by atoms with Gasteiger partial charge in [0.25, 0.3) is 0 Å². The maximum Gasteiger partial charge on any atom is 0.192 e. The second-order valence-corrected chi connectivity index (χ2v) is 12.7. The number of aliphatic hydroxyl groups excluding tert-OH is 1. The predicted molar refractivity (Wildman–Crippen MR) is 95.5 cm³/mol. The van der Waals surface area contributed by atoms with E-state index in [0.717, 1.165) is 0 Å². The Morgan fingerprint density at radius 1 is 1.39 bits per heavy atom. The molecule has 132 valence electrons. The molecule has 0 saturated heterocycles. The molecule has 1 heterocycles. The molecule has 0 bridgehead atoms. The molecule has 0 fully saturated rings. The number of hydrogen-bond donors (Lipinski definition) is 1. The third-order valence-electron chi connectivity index (χ3n) is 4.50. The molecule has 0 aromatic rings. The lowest BCUT2D eigenvalue weighted by atomic mass is 9.98.